The summed E-state index contributed by atoms with van der Waals surface area (Å²) >= 11 is 0. The fraction of sp³-hybridized carbons (Fsp3) is 0.500. The second-order valence-electron chi connectivity index (χ2n) is 2.93. The third-order valence-corrected chi connectivity index (χ3v) is 1.65. The zero-order chi connectivity index (χ0) is 9.07. The summed E-state index contributed by atoms with van der Waals surface area (Å²) in [5, 5.41) is 17.1. The molecule has 11 heavy (non-hydrogen) atoms. The van der Waals surface area contributed by atoms with Crippen molar-refractivity contribution >= 4 is 5.97 Å². The van der Waals surface area contributed by atoms with Crippen molar-refractivity contribution < 1.29 is 9.90 Å². The molecule has 0 rings (SSSR count). The Kier molecular flexibility index (Phi) is 2.82. The average molecular weight is 153 g/mol. The molecule has 0 aliphatic heterocycles. The van der Waals surface area contributed by atoms with Crippen molar-refractivity contribution in [3.8, 4) is 6.07 Å². The maximum atomic E-state index is 10.5. The lowest BCUT2D eigenvalue weighted by Gasteiger charge is -2.21. The predicted octanol–water partition coefficient (Wildman–Crippen LogP) is 1.42. The number of nitrogens with zero attached hydrogens (tertiary/aromatic N) is 1. The van der Waals surface area contributed by atoms with Crippen molar-refractivity contribution in [2.24, 2.45) is 11.3 Å². The topological polar surface area (TPSA) is 61.1 Å². The lowest BCUT2D eigenvalue weighted by atomic mass is 9.80. The van der Waals surface area contributed by atoms with Gasteiger partial charge in [0.05, 0.1) is 6.07 Å². The van der Waals surface area contributed by atoms with E-state index in [1.165, 1.54) is 6.08 Å². The summed E-state index contributed by atoms with van der Waals surface area (Å²) in [7, 11) is 0. The van der Waals surface area contributed by atoms with E-state index in [2.05, 4.69) is 6.58 Å². The van der Waals surface area contributed by atoms with Crippen LogP contribution in [0, 0.1) is 22.7 Å². The molecule has 0 aliphatic carbocycles. The van der Waals surface area contributed by atoms with E-state index < -0.39 is 17.3 Å². The molecule has 1 unspecified atom stereocenters. The van der Waals surface area contributed by atoms with E-state index in [-0.39, 0.29) is 0 Å². The lowest BCUT2D eigenvalue weighted by molar-refractivity contribution is -0.142. The van der Waals surface area contributed by atoms with Gasteiger partial charge in [0, 0.05) is 5.41 Å². The summed E-state index contributed by atoms with van der Waals surface area (Å²) in [5.41, 5.74) is -0.666. The minimum Gasteiger partial charge on any atom is -0.480 e. The van der Waals surface area contributed by atoms with Gasteiger partial charge in [-0.05, 0) is 0 Å². The molecule has 1 N–H and O–H groups in total. The highest BCUT2D eigenvalue weighted by Crippen LogP contribution is 2.27. The molecule has 0 aliphatic rings. The van der Waals surface area contributed by atoms with Gasteiger partial charge in [0.25, 0.3) is 0 Å². The molecule has 0 aromatic rings. The Hall–Kier alpha value is -1.30. The zero-order valence-electron chi connectivity index (χ0n) is 6.66. The standard InChI is InChI=1S/C8H11NO2/c1-4-8(2,3)6(5-9)7(10)11/h4,6H,1H2,2-3H3,(H,10,11). The van der Waals surface area contributed by atoms with E-state index in [0.29, 0.717) is 0 Å². The number of hydrogen-bond acceptors (Lipinski definition) is 2. The van der Waals surface area contributed by atoms with Crippen molar-refractivity contribution in [1.29, 1.82) is 5.26 Å². The Morgan fingerprint density at radius 1 is 1.82 bits per heavy atom. The molecule has 3 heteroatoms. The highest BCUT2D eigenvalue weighted by Gasteiger charge is 2.32. The number of nitriles is 1. The Bertz CT molecular complexity index is 213. The van der Waals surface area contributed by atoms with Crippen molar-refractivity contribution in [3.63, 3.8) is 0 Å². The average Bonchev–Trinajstić information content (AvgIpc) is 1.88. The van der Waals surface area contributed by atoms with Gasteiger partial charge in [-0.2, -0.15) is 5.26 Å². The number of allylic oxidation sites excluding steroid dienone is 1. The molecule has 60 valence electrons. The summed E-state index contributed by atoms with van der Waals surface area (Å²) < 4.78 is 0. The molecule has 3 nitrogen and oxygen atoms in total. The van der Waals surface area contributed by atoms with Gasteiger partial charge in [-0.15, -0.1) is 6.58 Å². The van der Waals surface area contributed by atoms with E-state index in [9.17, 15) is 4.79 Å². The molecule has 0 saturated heterocycles. The molecule has 0 amide bonds. The fourth-order valence-electron chi connectivity index (χ4n) is 0.658. The van der Waals surface area contributed by atoms with E-state index in [0.717, 1.165) is 0 Å². The van der Waals surface area contributed by atoms with Crippen LogP contribution in [0.1, 0.15) is 13.8 Å². The van der Waals surface area contributed by atoms with Crippen LogP contribution in [0.3, 0.4) is 0 Å². The SMILES string of the molecule is C=CC(C)(C)C(C#N)C(=O)O. The summed E-state index contributed by atoms with van der Waals surface area (Å²) in [6, 6.07) is 1.72. The molecule has 0 aromatic carbocycles. The molecule has 0 radical (unpaired) electrons. The van der Waals surface area contributed by atoms with Crippen LogP contribution in [0.4, 0.5) is 0 Å². The van der Waals surface area contributed by atoms with Crippen LogP contribution in [0.2, 0.25) is 0 Å². The highest BCUT2D eigenvalue weighted by atomic mass is 16.4. The number of hydrogen-bond donors (Lipinski definition) is 1. The smallest absolute Gasteiger partial charge is 0.321 e. The van der Waals surface area contributed by atoms with Gasteiger partial charge >= 0.3 is 5.97 Å². The van der Waals surface area contributed by atoms with Crippen LogP contribution >= 0.6 is 0 Å². The second kappa shape index (κ2) is 3.20. The molecule has 1 atom stereocenters. The van der Waals surface area contributed by atoms with Crippen LogP contribution in [-0.4, -0.2) is 11.1 Å². The second-order valence-corrected chi connectivity index (χ2v) is 2.93. The number of carbonyl (C=O) groups is 1. The van der Waals surface area contributed by atoms with Crippen molar-refractivity contribution in [2.75, 3.05) is 0 Å². The molecular formula is C8H11NO2. The molecule has 0 spiro atoms. The predicted molar refractivity (Wildman–Crippen MR) is 40.7 cm³/mol. The van der Waals surface area contributed by atoms with Gasteiger partial charge in [0.2, 0.25) is 0 Å². The maximum absolute atomic E-state index is 10.5. The van der Waals surface area contributed by atoms with Crippen LogP contribution in [-0.2, 0) is 4.79 Å². The Morgan fingerprint density at radius 3 is 2.36 bits per heavy atom. The van der Waals surface area contributed by atoms with E-state index in [4.69, 9.17) is 10.4 Å². The normalized spacial score (nSPS) is 13.2. The van der Waals surface area contributed by atoms with Crippen LogP contribution < -0.4 is 0 Å². The summed E-state index contributed by atoms with van der Waals surface area (Å²) in [5.74, 6) is -2.11. The maximum Gasteiger partial charge on any atom is 0.321 e. The first-order chi connectivity index (χ1) is 4.95. The summed E-state index contributed by atoms with van der Waals surface area (Å²) in [6.45, 7) is 6.81. The van der Waals surface area contributed by atoms with Gasteiger partial charge < -0.3 is 5.11 Å². The third kappa shape index (κ3) is 2.08. The molecule has 0 aromatic heterocycles. The van der Waals surface area contributed by atoms with Gasteiger partial charge in [0.15, 0.2) is 5.92 Å². The van der Waals surface area contributed by atoms with Gasteiger partial charge in [0.1, 0.15) is 0 Å². The van der Waals surface area contributed by atoms with E-state index in [1.54, 1.807) is 19.9 Å². The Morgan fingerprint density at radius 2 is 2.27 bits per heavy atom. The third-order valence-electron chi connectivity index (χ3n) is 1.65. The number of carboxylic acids is 1. The number of rotatable bonds is 3. The summed E-state index contributed by atoms with van der Waals surface area (Å²) in [6.07, 6.45) is 1.48. The quantitative estimate of drug-likeness (QED) is 0.624. The first-order valence-corrected chi connectivity index (χ1v) is 3.21. The van der Waals surface area contributed by atoms with Crippen molar-refractivity contribution in [3.05, 3.63) is 12.7 Å². The van der Waals surface area contributed by atoms with Crippen LogP contribution in [0.25, 0.3) is 0 Å². The lowest BCUT2D eigenvalue weighted by Crippen LogP contribution is -2.27. The van der Waals surface area contributed by atoms with Crippen LogP contribution in [0.15, 0.2) is 12.7 Å². The summed E-state index contributed by atoms with van der Waals surface area (Å²) in [4.78, 5) is 10.5. The monoisotopic (exact) mass is 153 g/mol. The molecule has 0 heterocycles. The van der Waals surface area contributed by atoms with Gasteiger partial charge in [-0.25, -0.2) is 0 Å². The van der Waals surface area contributed by atoms with Crippen molar-refractivity contribution in [2.45, 2.75) is 13.8 Å². The van der Waals surface area contributed by atoms with E-state index in [1.807, 2.05) is 0 Å². The van der Waals surface area contributed by atoms with Gasteiger partial charge in [-0.1, -0.05) is 19.9 Å². The zero-order valence-corrected chi connectivity index (χ0v) is 6.66. The number of carboxylic acid groups (broad SMARTS) is 1. The molecule has 0 fully saturated rings. The minimum atomic E-state index is -1.10. The first-order valence-electron chi connectivity index (χ1n) is 3.21. The largest absolute Gasteiger partial charge is 0.480 e. The highest BCUT2D eigenvalue weighted by molar-refractivity contribution is 5.74. The first kappa shape index (κ1) is 9.70. The molecular weight excluding hydrogens is 142 g/mol. The fourth-order valence-corrected chi connectivity index (χ4v) is 0.658. The molecule has 0 saturated carbocycles. The minimum absolute atomic E-state index is 0.666. The number of aliphatic carboxylic acids is 1. The van der Waals surface area contributed by atoms with Crippen molar-refractivity contribution in [1.82, 2.24) is 0 Å². The molecule has 0 bridgehead atoms. The Labute approximate surface area is 66.0 Å². The van der Waals surface area contributed by atoms with E-state index >= 15 is 0 Å². The van der Waals surface area contributed by atoms with Gasteiger partial charge in [-0.3, -0.25) is 4.79 Å². The Balaban J connectivity index is 4.67. The van der Waals surface area contributed by atoms with Crippen LogP contribution in [0.5, 0.6) is 0 Å².